The zero-order chi connectivity index (χ0) is 26.4. The standard InChI is InChI=1S/C22H42N6O6/c1-12(2)11-16(28-21(32)18(25)13(3)4)20(31)26-14(7-5-6-10-23)19(30)27-15(22(33)34)8-9-17(24)29/h12-16,18H,5-11,23,25H2,1-4H3,(H2,24,29)(H,26,31)(H,27,30)(H,28,32)(H,33,34). The summed E-state index contributed by atoms with van der Waals surface area (Å²) in [4.78, 5) is 60.8. The van der Waals surface area contributed by atoms with Crippen LogP contribution in [0.2, 0.25) is 0 Å². The van der Waals surface area contributed by atoms with Crippen molar-refractivity contribution in [3.63, 3.8) is 0 Å². The van der Waals surface area contributed by atoms with Crippen LogP contribution in [0, 0.1) is 11.8 Å². The van der Waals surface area contributed by atoms with Crippen molar-refractivity contribution in [3.05, 3.63) is 0 Å². The highest BCUT2D eigenvalue weighted by Gasteiger charge is 2.31. The first-order valence-electron chi connectivity index (χ1n) is 11.7. The number of carbonyl (C=O) groups excluding carboxylic acids is 4. The predicted octanol–water partition coefficient (Wildman–Crippen LogP) is -1.05. The molecule has 0 bridgehead atoms. The van der Waals surface area contributed by atoms with Crippen LogP contribution in [0.25, 0.3) is 0 Å². The highest BCUT2D eigenvalue weighted by Crippen LogP contribution is 2.09. The predicted molar refractivity (Wildman–Crippen MR) is 127 cm³/mol. The molecule has 0 aromatic rings. The van der Waals surface area contributed by atoms with Crippen LogP contribution >= 0.6 is 0 Å². The fourth-order valence-electron chi connectivity index (χ4n) is 3.12. The molecule has 12 heteroatoms. The number of nitrogens with one attached hydrogen (secondary N) is 3. The normalized spacial score (nSPS) is 14.7. The second kappa shape index (κ2) is 16.0. The van der Waals surface area contributed by atoms with Crippen molar-refractivity contribution in [1.29, 1.82) is 0 Å². The van der Waals surface area contributed by atoms with E-state index in [-0.39, 0.29) is 31.1 Å². The fraction of sp³-hybridized carbons (Fsp3) is 0.773. The van der Waals surface area contributed by atoms with Gasteiger partial charge >= 0.3 is 5.97 Å². The zero-order valence-electron chi connectivity index (χ0n) is 20.6. The highest BCUT2D eigenvalue weighted by atomic mass is 16.4. The maximum Gasteiger partial charge on any atom is 0.326 e. The van der Waals surface area contributed by atoms with Gasteiger partial charge in [0.25, 0.3) is 0 Å². The largest absolute Gasteiger partial charge is 0.480 e. The number of carboxylic acids is 1. The molecule has 12 nitrogen and oxygen atoms in total. The van der Waals surface area contributed by atoms with Crippen molar-refractivity contribution < 1.29 is 29.1 Å². The number of hydrogen-bond acceptors (Lipinski definition) is 7. The number of aliphatic carboxylic acids is 1. The van der Waals surface area contributed by atoms with E-state index in [1.807, 2.05) is 13.8 Å². The third-order valence-corrected chi connectivity index (χ3v) is 5.23. The number of carbonyl (C=O) groups is 5. The van der Waals surface area contributed by atoms with Gasteiger partial charge in [0.2, 0.25) is 23.6 Å². The molecule has 34 heavy (non-hydrogen) atoms. The molecule has 196 valence electrons. The number of amides is 4. The number of rotatable bonds is 17. The average molecular weight is 487 g/mol. The molecule has 0 radical (unpaired) electrons. The molecule has 0 saturated carbocycles. The second-order valence-corrected chi connectivity index (χ2v) is 9.21. The Labute approximate surface area is 201 Å². The Morgan fingerprint density at radius 3 is 1.79 bits per heavy atom. The first kappa shape index (κ1) is 31.3. The Hall–Kier alpha value is -2.73. The maximum atomic E-state index is 13.0. The van der Waals surface area contributed by atoms with Crippen LogP contribution in [0.1, 0.15) is 66.2 Å². The van der Waals surface area contributed by atoms with Crippen LogP contribution in [0.15, 0.2) is 0 Å². The van der Waals surface area contributed by atoms with Crippen LogP contribution in [0.3, 0.4) is 0 Å². The Morgan fingerprint density at radius 1 is 0.794 bits per heavy atom. The summed E-state index contributed by atoms with van der Waals surface area (Å²) in [5.74, 6) is -3.86. The van der Waals surface area contributed by atoms with Gasteiger partial charge in [-0.2, -0.15) is 0 Å². The molecule has 0 aromatic carbocycles. The Balaban J connectivity index is 5.53. The Morgan fingerprint density at radius 2 is 1.32 bits per heavy atom. The quantitative estimate of drug-likeness (QED) is 0.125. The van der Waals surface area contributed by atoms with Gasteiger partial charge in [-0.05, 0) is 50.5 Å². The van der Waals surface area contributed by atoms with Crippen molar-refractivity contribution in [3.8, 4) is 0 Å². The van der Waals surface area contributed by atoms with E-state index in [9.17, 15) is 29.1 Å². The number of unbranched alkanes of at least 4 members (excludes halogenated alkanes) is 1. The molecule has 0 saturated heterocycles. The van der Waals surface area contributed by atoms with Crippen LogP contribution in [-0.2, 0) is 24.0 Å². The van der Waals surface area contributed by atoms with E-state index >= 15 is 0 Å². The van der Waals surface area contributed by atoms with Gasteiger partial charge in [-0.25, -0.2) is 4.79 Å². The van der Waals surface area contributed by atoms with Gasteiger partial charge in [0.05, 0.1) is 6.04 Å². The molecule has 0 aliphatic heterocycles. The number of primary amides is 1. The zero-order valence-corrected chi connectivity index (χ0v) is 20.6. The molecule has 4 unspecified atom stereocenters. The lowest BCUT2D eigenvalue weighted by Gasteiger charge is -2.26. The molecule has 0 aliphatic rings. The monoisotopic (exact) mass is 486 g/mol. The second-order valence-electron chi connectivity index (χ2n) is 9.21. The third-order valence-electron chi connectivity index (χ3n) is 5.23. The van der Waals surface area contributed by atoms with E-state index < -0.39 is 53.8 Å². The molecule has 10 N–H and O–H groups in total. The summed E-state index contributed by atoms with van der Waals surface area (Å²) in [6.45, 7) is 7.73. The Bertz CT molecular complexity index is 699. The van der Waals surface area contributed by atoms with Gasteiger partial charge in [-0.3, -0.25) is 19.2 Å². The minimum absolute atomic E-state index is 0.0565. The minimum Gasteiger partial charge on any atom is -0.480 e. The van der Waals surface area contributed by atoms with E-state index in [1.165, 1.54) is 0 Å². The van der Waals surface area contributed by atoms with E-state index in [1.54, 1.807) is 13.8 Å². The van der Waals surface area contributed by atoms with Gasteiger partial charge in [0.15, 0.2) is 0 Å². The molecule has 0 aliphatic carbocycles. The first-order valence-corrected chi connectivity index (χ1v) is 11.7. The molecular weight excluding hydrogens is 444 g/mol. The Kier molecular flexibility index (Phi) is 14.7. The van der Waals surface area contributed by atoms with Gasteiger partial charge in [-0.1, -0.05) is 27.7 Å². The van der Waals surface area contributed by atoms with Crippen LogP contribution < -0.4 is 33.2 Å². The van der Waals surface area contributed by atoms with Crippen LogP contribution in [0.5, 0.6) is 0 Å². The van der Waals surface area contributed by atoms with E-state index in [0.717, 1.165) is 0 Å². The number of nitrogens with two attached hydrogens (primary N) is 3. The summed E-state index contributed by atoms with van der Waals surface area (Å²) < 4.78 is 0. The summed E-state index contributed by atoms with van der Waals surface area (Å²) in [5, 5.41) is 17.0. The molecule has 0 heterocycles. The third kappa shape index (κ3) is 12.5. The van der Waals surface area contributed by atoms with Crippen molar-refractivity contribution in [2.75, 3.05) is 6.54 Å². The lowest BCUT2D eigenvalue weighted by atomic mass is 9.99. The average Bonchev–Trinajstić information content (AvgIpc) is 2.73. The molecular formula is C22H42N6O6. The fourth-order valence-corrected chi connectivity index (χ4v) is 3.12. The smallest absolute Gasteiger partial charge is 0.326 e. The molecule has 4 atom stereocenters. The summed E-state index contributed by atoms with van der Waals surface area (Å²) in [6.07, 6.45) is 1.23. The van der Waals surface area contributed by atoms with E-state index in [2.05, 4.69) is 16.0 Å². The van der Waals surface area contributed by atoms with E-state index in [0.29, 0.717) is 25.8 Å². The maximum absolute atomic E-state index is 13.0. The van der Waals surface area contributed by atoms with E-state index in [4.69, 9.17) is 17.2 Å². The lowest BCUT2D eigenvalue weighted by molar-refractivity contribution is -0.142. The van der Waals surface area contributed by atoms with Gasteiger partial charge in [0, 0.05) is 6.42 Å². The summed E-state index contributed by atoms with van der Waals surface area (Å²) in [6, 6.07) is -4.12. The minimum atomic E-state index is -1.34. The van der Waals surface area contributed by atoms with Crippen LogP contribution in [0.4, 0.5) is 0 Å². The molecule has 0 rings (SSSR count). The van der Waals surface area contributed by atoms with Crippen LogP contribution in [-0.4, -0.2) is 65.4 Å². The van der Waals surface area contributed by atoms with Crippen molar-refractivity contribution in [2.45, 2.75) is 90.4 Å². The molecule has 0 spiro atoms. The molecule has 0 aromatic heterocycles. The van der Waals surface area contributed by atoms with Crippen molar-refractivity contribution in [2.24, 2.45) is 29.0 Å². The van der Waals surface area contributed by atoms with Gasteiger partial charge < -0.3 is 38.3 Å². The summed E-state index contributed by atoms with van der Waals surface area (Å²) in [7, 11) is 0. The van der Waals surface area contributed by atoms with Crippen molar-refractivity contribution in [1.82, 2.24) is 16.0 Å². The topological polar surface area (TPSA) is 220 Å². The summed E-state index contributed by atoms with van der Waals surface area (Å²) in [5.41, 5.74) is 16.5. The van der Waals surface area contributed by atoms with Gasteiger partial charge in [0.1, 0.15) is 18.1 Å². The number of hydrogen-bond donors (Lipinski definition) is 7. The number of carboxylic acid groups (broad SMARTS) is 1. The lowest BCUT2D eigenvalue weighted by Crippen LogP contribution is -2.57. The SMILES string of the molecule is CC(C)CC(NC(=O)C(N)C(C)C)C(=O)NC(CCCCN)C(=O)NC(CCC(N)=O)C(=O)O. The molecule has 4 amide bonds. The summed E-state index contributed by atoms with van der Waals surface area (Å²) >= 11 is 0. The molecule has 0 fully saturated rings. The highest BCUT2D eigenvalue weighted by molar-refractivity contribution is 5.94. The van der Waals surface area contributed by atoms with Crippen molar-refractivity contribution >= 4 is 29.6 Å². The first-order chi connectivity index (χ1) is 15.8. The van der Waals surface area contributed by atoms with Gasteiger partial charge in [-0.15, -0.1) is 0 Å².